The van der Waals surface area contributed by atoms with Crippen LogP contribution in [0.25, 0.3) is 33.4 Å². The van der Waals surface area contributed by atoms with E-state index in [9.17, 15) is 0 Å². The molecular weight excluding hydrogens is 1300 g/mol. The molecule has 12 aromatic rings. The fourth-order valence-corrected chi connectivity index (χ4v) is 16.2. The van der Waals surface area contributed by atoms with Gasteiger partial charge in [0.1, 0.15) is 11.5 Å². The molecule has 2 saturated heterocycles. The molecule has 0 bridgehead atoms. The molecule has 2 fully saturated rings. The second-order valence-corrected chi connectivity index (χ2v) is 31.0. The Morgan fingerprint density at radius 2 is 0.635 bits per heavy atom. The highest BCUT2D eigenvalue weighted by Gasteiger charge is 2.49. The van der Waals surface area contributed by atoms with Gasteiger partial charge >= 0.3 is 0 Å². The Morgan fingerprint density at radius 1 is 0.327 bits per heavy atom. The Balaban J connectivity index is 0.779. The highest BCUT2D eigenvalue weighted by molar-refractivity contribution is 5.92. The number of hydrogen-bond donors (Lipinski definition) is 0. The molecule has 0 amide bonds. The van der Waals surface area contributed by atoms with Crippen molar-refractivity contribution in [3.05, 3.63) is 346 Å². The minimum atomic E-state index is -0.966. The van der Waals surface area contributed by atoms with Crippen LogP contribution in [0.15, 0.2) is 267 Å². The number of benzene rings is 12. The molecule has 10 heteroatoms. The fraction of sp³-hybridized carbons (Fsp3) is 0.234. The van der Waals surface area contributed by atoms with Crippen molar-refractivity contribution in [3.8, 4) is 44.9 Å². The molecule has 104 heavy (non-hydrogen) atoms. The van der Waals surface area contributed by atoms with E-state index in [4.69, 9.17) is 18.9 Å². The van der Waals surface area contributed by atoms with Crippen LogP contribution in [-0.4, -0.2) is 39.6 Å². The van der Waals surface area contributed by atoms with Gasteiger partial charge in [-0.05, 0) is 210 Å². The lowest BCUT2D eigenvalue weighted by atomic mass is 9.67. The minimum Gasteiger partial charge on any atom is -0.493 e. The van der Waals surface area contributed by atoms with Crippen LogP contribution in [0.5, 0.6) is 11.5 Å². The lowest BCUT2D eigenvalue weighted by Gasteiger charge is -2.40. The topological polar surface area (TPSA) is 43.4 Å². The van der Waals surface area contributed by atoms with Crippen LogP contribution in [-0.2, 0) is 31.1 Å². The van der Waals surface area contributed by atoms with Crippen molar-refractivity contribution in [1.82, 2.24) is 0 Å². The Hall–Kier alpha value is -10.5. The minimum absolute atomic E-state index is 0.00690. The number of hydrogen-bond acceptors (Lipinski definition) is 6. The molecule has 0 radical (unpaired) electrons. The molecule has 12 aromatic carbocycles. The summed E-state index contributed by atoms with van der Waals surface area (Å²) in [7, 11) is 0. The van der Waals surface area contributed by atoms with Crippen LogP contribution in [0.2, 0.25) is 0 Å². The lowest BCUT2D eigenvalue weighted by molar-refractivity contribution is -0.133. The fourth-order valence-electron chi connectivity index (χ4n) is 16.2. The van der Waals surface area contributed by atoms with Gasteiger partial charge in [-0.3, -0.25) is 0 Å². The molecule has 2 aliphatic heterocycles. The first-order valence-corrected chi connectivity index (χ1v) is 36.3. The van der Waals surface area contributed by atoms with Crippen LogP contribution in [0.1, 0.15) is 124 Å². The lowest BCUT2D eigenvalue weighted by Crippen LogP contribution is -2.46. The maximum Gasteiger partial charge on any atom is 0.160 e. The van der Waals surface area contributed by atoms with Gasteiger partial charge in [0.15, 0.2) is 23.3 Å². The highest BCUT2D eigenvalue weighted by atomic mass is 19.2. The van der Waals surface area contributed by atoms with Crippen LogP contribution in [0.3, 0.4) is 0 Å². The summed E-state index contributed by atoms with van der Waals surface area (Å²) in [5.74, 6) is -2.25. The number of rotatable bonds is 19. The van der Waals surface area contributed by atoms with E-state index in [0.717, 1.165) is 114 Å². The van der Waals surface area contributed by atoms with E-state index in [-0.39, 0.29) is 21.7 Å². The monoisotopic (exact) mass is 1380 g/mol. The Bertz CT molecular complexity index is 4850. The average Bonchev–Trinajstić information content (AvgIpc) is 1.53. The average molecular weight is 1380 g/mol. The normalized spacial score (nSPS) is 17.4. The molecule has 0 N–H and O–H groups in total. The summed E-state index contributed by atoms with van der Waals surface area (Å²) in [6.45, 7) is 21.6. The molecular formula is C94H84F4N2O4. The van der Waals surface area contributed by atoms with Crippen molar-refractivity contribution in [3.63, 3.8) is 0 Å². The molecule has 2 atom stereocenters. The number of ether oxygens (including phenoxy) is 4. The number of fused-ring (bicyclic) bond motifs is 6. The first-order valence-electron chi connectivity index (χ1n) is 36.3. The summed E-state index contributed by atoms with van der Waals surface area (Å²) in [6, 6.07) is 89.5. The van der Waals surface area contributed by atoms with E-state index in [0.29, 0.717) is 62.4 Å². The zero-order chi connectivity index (χ0) is 71.9. The molecule has 6 nitrogen and oxygen atoms in total. The zero-order valence-corrected chi connectivity index (χ0v) is 60.1. The molecule has 4 aliphatic rings. The van der Waals surface area contributed by atoms with Gasteiger partial charge in [0.25, 0.3) is 0 Å². The molecule has 0 spiro atoms. The summed E-state index contributed by atoms with van der Waals surface area (Å²) in [4.78, 5) is 3.97. The van der Waals surface area contributed by atoms with Crippen molar-refractivity contribution in [2.24, 2.45) is 10.8 Å². The summed E-state index contributed by atoms with van der Waals surface area (Å²) in [5, 5.41) is 0. The second-order valence-electron chi connectivity index (χ2n) is 31.0. The molecule has 0 aromatic heterocycles. The first kappa shape index (κ1) is 67.9. The third-order valence-electron chi connectivity index (χ3n) is 22.6. The highest BCUT2D eigenvalue weighted by Crippen LogP contribution is 2.60. The van der Waals surface area contributed by atoms with E-state index in [1.807, 2.05) is 58.3 Å². The third-order valence-corrected chi connectivity index (χ3v) is 22.6. The van der Waals surface area contributed by atoms with E-state index in [1.165, 1.54) is 35.4 Å². The quantitative estimate of drug-likeness (QED) is 0.0752. The standard InChI is InChI=1S/C94H84F4N2O4/c1-9-91(55-101-56-91)59-103-75-43-31-67(32-44-75)93(65-27-23-63(24-28-65)89(3,4)5)81-17-13-11-15-77(81)79-47-39-71(51-83(79)93)99(73-41-49-85(95)87(97)53-73)69-35-19-61(20-36-69)62-21-37-70(38-22-62)100(74-42-50-86(96)88(98)54-74)72-40-48-80-78-16-12-14-18-82(78)94(84(80)52-72,66-29-25-64(26-30-66)90(6,7)8)68-33-45-76(46-34-68)104-60-92(10-2)57-102-58-92/h11-54H,9-10,55-60H2,1-8H3. The summed E-state index contributed by atoms with van der Waals surface area (Å²) >= 11 is 0. The first-order chi connectivity index (χ1) is 50.2. The van der Waals surface area contributed by atoms with Crippen LogP contribution >= 0.6 is 0 Å². The molecule has 2 heterocycles. The largest absolute Gasteiger partial charge is 0.493 e. The van der Waals surface area contributed by atoms with Crippen LogP contribution in [0, 0.1) is 34.1 Å². The van der Waals surface area contributed by atoms with Crippen molar-refractivity contribution >= 4 is 34.1 Å². The van der Waals surface area contributed by atoms with Gasteiger partial charge in [-0.2, -0.15) is 0 Å². The molecule has 2 unspecified atom stereocenters. The predicted molar refractivity (Wildman–Crippen MR) is 411 cm³/mol. The number of halogens is 4. The van der Waals surface area contributed by atoms with Crippen molar-refractivity contribution in [2.45, 2.75) is 89.9 Å². The second kappa shape index (κ2) is 26.3. The van der Waals surface area contributed by atoms with Gasteiger partial charge in [-0.1, -0.05) is 213 Å². The Morgan fingerprint density at radius 3 is 0.952 bits per heavy atom. The summed E-state index contributed by atoms with van der Waals surface area (Å²) < 4.78 is 86.2. The van der Waals surface area contributed by atoms with E-state index >= 15 is 17.6 Å². The zero-order valence-electron chi connectivity index (χ0n) is 60.1. The summed E-state index contributed by atoms with van der Waals surface area (Å²) in [6.07, 6.45) is 1.94. The Kier molecular flexibility index (Phi) is 17.2. The van der Waals surface area contributed by atoms with E-state index < -0.39 is 34.1 Å². The van der Waals surface area contributed by atoms with Crippen molar-refractivity contribution in [2.75, 3.05) is 49.4 Å². The van der Waals surface area contributed by atoms with E-state index in [2.05, 4.69) is 237 Å². The Labute approximate surface area is 608 Å². The van der Waals surface area contributed by atoms with Crippen molar-refractivity contribution in [1.29, 1.82) is 0 Å². The van der Waals surface area contributed by atoms with Crippen LogP contribution in [0.4, 0.5) is 51.7 Å². The molecule has 0 saturated carbocycles. The maximum absolute atomic E-state index is 15.8. The van der Waals surface area contributed by atoms with Gasteiger partial charge < -0.3 is 28.7 Å². The molecule has 522 valence electrons. The van der Waals surface area contributed by atoms with Gasteiger partial charge in [-0.25, -0.2) is 17.6 Å². The number of anilines is 6. The molecule has 16 rings (SSSR count). The van der Waals surface area contributed by atoms with Crippen molar-refractivity contribution < 1.29 is 36.5 Å². The van der Waals surface area contributed by atoms with Gasteiger partial charge in [-0.15, -0.1) is 0 Å². The smallest absolute Gasteiger partial charge is 0.160 e. The van der Waals surface area contributed by atoms with E-state index in [1.54, 1.807) is 12.1 Å². The van der Waals surface area contributed by atoms with Gasteiger partial charge in [0, 0.05) is 46.3 Å². The predicted octanol–water partition coefficient (Wildman–Crippen LogP) is 23.8. The maximum atomic E-state index is 15.8. The SMILES string of the molecule is CCC1(COc2ccc(C3(c4ccc(C(C)(C)C)cc4)c4ccccc4-c4ccc(N(c5ccc(-c6ccc(N(c7ccc(F)c(F)c7)c7ccc8c(c7)C(c7ccc(OCC9(CC)COC9)cc7)(c7ccc(C(C)(C)C)cc7)c7ccccc7-8)cc6)cc5)c5ccc(F)c(F)c5)cc43)cc2)COC1. The number of nitrogens with zero attached hydrogens (tertiary/aromatic N) is 2. The van der Waals surface area contributed by atoms with Gasteiger partial charge in [0.2, 0.25) is 0 Å². The summed E-state index contributed by atoms with van der Waals surface area (Å²) in [5.41, 5.74) is 19.2. The van der Waals surface area contributed by atoms with Gasteiger partial charge in [0.05, 0.1) is 61.3 Å². The van der Waals surface area contributed by atoms with Crippen LogP contribution < -0.4 is 19.3 Å². The molecule has 2 aliphatic carbocycles. The third kappa shape index (κ3) is 11.7.